The summed E-state index contributed by atoms with van der Waals surface area (Å²) < 4.78 is 14.9. The molecule has 9 nitrogen and oxygen atoms in total. The van der Waals surface area contributed by atoms with Crippen molar-refractivity contribution in [1.82, 2.24) is 19.4 Å². The Balaban J connectivity index is 2.26. The van der Waals surface area contributed by atoms with E-state index in [9.17, 15) is 23.6 Å². The fourth-order valence-corrected chi connectivity index (χ4v) is 2.59. The second-order valence-electron chi connectivity index (χ2n) is 5.47. The quantitative estimate of drug-likeness (QED) is 0.674. The minimum atomic E-state index is -1.33. The second kappa shape index (κ2) is 6.30. The van der Waals surface area contributed by atoms with E-state index < -0.39 is 34.7 Å². The molecule has 1 aliphatic heterocycles. The van der Waals surface area contributed by atoms with Crippen LogP contribution < -0.4 is 11.2 Å². The molecular weight excluding hydrogens is 369 g/mol. The summed E-state index contributed by atoms with van der Waals surface area (Å²) in [5, 5.41) is 8.09. The van der Waals surface area contributed by atoms with E-state index in [4.69, 9.17) is 11.6 Å². The van der Waals surface area contributed by atoms with Crippen LogP contribution in [0.4, 0.5) is 4.39 Å². The molecule has 1 amide bonds. The summed E-state index contributed by atoms with van der Waals surface area (Å²) in [6, 6.07) is 3.28. The molecule has 1 atom stereocenters. The van der Waals surface area contributed by atoms with Gasteiger partial charge in [0.05, 0.1) is 10.7 Å². The predicted octanol–water partition coefficient (Wildman–Crippen LogP) is -0.166. The van der Waals surface area contributed by atoms with Gasteiger partial charge in [-0.2, -0.15) is 10.2 Å². The van der Waals surface area contributed by atoms with Crippen LogP contribution in [-0.4, -0.2) is 44.3 Å². The maximum absolute atomic E-state index is 13.4. The van der Waals surface area contributed by atoms with Crippen LogP contribution in [0.3, 0.4) is 0 Å². The molecule has 0 saturated carbocycles. The Morgan fingerprint density at radius 3 is 2.50 bits per heavy atom. The van der Waals surface area contributed by atoms with Crippen molar-refractivity contribution in [1.29, 1.82) is 0 Å². The van der Waals surface area contributed by atoms with Gasteiger partial charge in [0.15, 0.2) is 0 Å². The van der Waals surface area contributed by atoms with Crippen molar-refractivity contribution in [2.45, 2.75) is 5.92 Å². The highest BCUT2D eigenvalue weighted by molar-refractivity contribution is 6.42. The number of hydrazone groups is 1. The third-order valence-corrected chi connectivity index (χ3v) is 4.07. The lowest BCUT2D eigenvalue weighted by atomic mass is 10.00. The Bertz CT molecular complexity index is 1090. The van der Waals surface area contributed by atoms with E-state index in [2.05, 4.69) is 10.2 Å². The lowest BCUT2D eigenvalue weighted by Gasteiger charge is -2.20. The highest BCUT2D eigenvalue weighted by Gasteiger charge is 2.35. The lowest BCUT2D eigenvalue weighted by molar-refractivity contribution is -0.144. The molecule has 0 bridgehead atoms. The molecule has 1 aliphatic rings. The van der Waals surface area contributed by atoms with E-state index >= 15 is 0 Å². The van der Waals surface area contributed by atoms with Gasteiger partial charge in [-0.3, -0.25) is 14.4 Å². The summed E-state index contributed by atoms with van der Waals surface area (Å²) in [5.41, 5.74) is -2.12. The maximum atomic E-state index is 13.4. The standard InChI is InChI=1S/C15H11ClFN5O4/c1-20-14(25)12(23)8(6-18-20)11-13(24)22(15(26)21(2)19-11)7-3-4-10(17)9(16)5-7/h3-6,8H,1-2H3. The molecule has 2 heterocycles. The molecule has 0 fully saturated rings. The van der Waals surface area contributed by atoms with E-state index in [0.29, 0.717) is 4.57 Å². The number of likely N-dealkylation sites (N-methyl/N-ethyl adjacent to an activating group) is 1. The van der Waals surface area contributed by atoms with Crippen molar-refractivity contribution in [2.24, 2.45) is 12.1 Å². The number of nitrogens with zero attached hydrogens (tertiary/aromatic N) is 5. The van der Waals surface area contributed by atoms with Gasteiger partial charge in [0.2, 0.25) is 5.78 Å². The van der Waals surface area contributed by atoms with Gasteiger partial charge in [-0.05, 0) is 18.2 Å². The molecular formula is C15H11ClFN5O4. The Morgan fingerprint density at radius 1 is 1.15 bits per heavy atom. The number of hydrogen-bond donors (Lipinski definition) is 0. The van der Waals surface area contributed by atoms with Gasteiger partial charge in [-0.15, -0.1) is 0 Å². The zero-order valence-electron chi connectivity index (χ0n) is 13.5. The fraction of sp³-hybridized carbons (Fsp3) is 0.200. The lowest BCUT2D eigenvalue weighted by Crippen LogP contribution is -2.46. The molecule has 0 saturated heterocycles. The molecule has 1 aromatic carbocycles. The van der Waals surface area contributed by atoms with Crippen molar-refractivity contribution in [2.75, 3.05) is 7.05 Å². The summed E-state index contributed by atoms with van der Waals surface area (Å²) in [6.45, 7) is 0. The molecule has 134 valence electrons. The summed E-state index contributed by atoms with van der Waals surface area (Å²) in [4.78, 5) is 49.1. The van der Waals surface area contributed by atoms with E-state index in [0.717, 1.165) is 28.0 Å². The fourth-order valence-electron chi connectivity index (χ4n) is 2.41. The first-order valence-corrected chi connectivity index (χ1v) is 7.62. The van der Waals surface area contributed by atoms with E-state index in [-0.39, 0.29) is 16.4 Å². The van der Waals surface area contributed by atoms with Crippen molar-refractivity contribution in [3.63, 3.8) is 0 Å². The van der Waals surface area contributed by atoms with Crippen LogP contribution in [0.25, 0.3) is 5.69 Å². The first-order chi connectivity index (χ1) is 12.2. The van der Waals surface area contributed by atoms with Crippen LogP contribution >= 0.6 is 11.6 Å². The first kappa shape index (κ1) is 17.7. The monoisotopic (exact) mass is 379 g/mol. The van der Waals surface area contributed by atoms with Crippen molar-refractivity contribution < 1.29 is 14.0 Å². The minimum absolute atomic E-state index is 0.00529. The first-order valence-electron chi connectivity index (χ1n) is 7.24. The molecule has 1 unspecified atom stereocenters. The van der Waals surface area contributed by atoms with Gasteiger partial charge in [0, 0.05) is 20.3 Å². The van der Waals surface area contributed by atoms with Crippen LogP contribution in [0.1, 0.15) is 11.6 Å². The van der Waals surface area contributed by atoms with Gasteiger partial charge < -0.3 is 0 Å². The van der Waals surface area contributed by atoms with E-state index in [1.54, 1.807) is 0 Å². The van der Waals surface area contributed by atoms with E-state index in [1.807, 2.05) is 0 Å². The Labute approximate surface area is 149 Å². The molecule has 0 radical (unpaired) electrons. The van der Waals surface area contributed by atoms with Crippen LogP contribution in [0, 0.1) is 5.82 Å². The zero-order valence-corrected chi connectivity index (χ0v) is 14.3. The third-order valence-electron chi connectivity index (χ3n) is 3.78. The Morgan fingerprint density at radius 2 is 1.85 bits per heavy atom. The Kier molecular flexibility index (Phi) is 4.28. The highest BCUT2D eigenvalue weighted by atomic mass is 35.5. The minimum Gasteiger partial charge on any atom is -0.287 e. The zero-order chi connectivity index (χ0) is 19.2. The summed E-state index contributed by atoms with van der Waals surface area (Å²) in [6.07, 6.45) is 1.10. The smallest absolute Gasteiger partial charge is 0.287 e. The number of Topliss-reactive ketones (excluding diaryl/α,β-unsaturated/α-hetero) is 1. The number of benzene rings is 1. The molecule has 3 rings (SSSR count). The second-order valence-corrected chi connectivity index (χ2v) is 5.87. The van der Waals surface area contributed by atoms with Gasteiger partial charge in [-0.1, -0.05) is 11.6 Å². The maximum Gasteiger partial charge on any atom is 0.351 e. The number of carbonyl (C=O) groups excluding carboxylic acids is 2. The largest absolute Gasteiger partial charge is 0.351 e. The van der Waals surface area contributed by atoms with Crippen molar-refractivity contribution >= 4 is 29.5 Å². The number of carbonyl (C=O) groups is 2. The Hall–Kier alpha value is -3.14. The van der Waals surface area contributed by atoms with E-state index in [1.165, 1.54) is 20.2 Å². The normalized spacial score (nSPS) is 17.1. The van der Waals surface area contributed by atoms with Crippen molar-refractivity contribution in [3.8, 4) is 5.69 Å². The summed E-state index contributed by atoms with van der Waals surface area (Å²) in [7, 11) is 2.56. The molecule has 0 N–H and O–H groups in total. The average molecular weight is 380 g/mol. The van der Waals surface area contributed by atoms with Gasteiger partial charge in [-0.25, -0.2) is 23.4 Å². The molecule has 26 heavy (non-hydrogen) atoms. The third kappa shape index (κ3) is 2.73. The number of amides is 1. The van der Waals surface area contributed by atoms with Gasteiger partial charge >= 0.3 is 11.6 Å². The molecule has 1 aromatic heterocycles. The van der Waals surface area contributed by atoms with Gasteiger partial charge in [0.1, 0.15) is 17.4 Å². The van der Waals surface area contributed by atoms with Crippen LogP contribution in [0.15, 0.2) is 32.9 Å². The molecule has 0 aliphatic carbocycles. The number of halogens is 2. The topological polar surface area (TPSA) is 107 Å². The molecule has 11 heteroatoms. The van der Waals surface area contributed by atoms with Crippen LogP contribution in [-0.2, 0) is 16.6 Å². The number of aryl methyl sites for hydroxylation is 1. The predicted molar refractivity (Wildman–Crippen MR) is 89.1 cm³/mol. The SMILES string of the molecule is CN1N=CC(c2nn(C)c(=O)n(-c3ccc(F)c(Cl)c3)c2=O)C(=O)C1=O. The summed E-state index contributed by atoms with van der Waals surface area (Å²) in [5.74, 6) is -3.88. The molecule has 2 aromatic rings. The number of rotatable bonds is 2. The highest BCUT2D eigenvalue weighted by Crippen LogP contribution is 2.18. The van der Waals surface area contributed by atoms with Crippen LogP contribution in [0.5, 0.6) is 0 Å². The summed E-state index contributed by atoms with van der Waals surface area (Å²) >= 11 is 5.71. The number of ketones is 1. The average Bonchev–Trinajstić information content (AvgIpc) is 2.60. The molecule has 0 spiro atoms. The van der Waals surface area contributed by atoms with Crippen molar-refractivity contribution in [3.05, 3.63) is 55.6 Å². The van der Waals surface area contributed by atoms with Gasteiger partial charge in [0.25, 0.3) is 5.56 Å². The van der Waals surface area contributed by atoms with Crippen LogP contribution in [0.2, 0.25) is 5.02 Å². The number of hydrogen-bond acceptors (Lipinski definition) is 6. The number of aromatic nitrogens is 3.